The number of likely N-dealkylation sites (N-methyl/N-ethyl adjacent to an activating group) is 1. The number of hydrogen-bond acceptors (Lipinski definition) is 6. The first-order valence-electron chi connectivity index (χ1n) is 12.6. The van der Waals surface area contributed by atoms with Crippen molar-refractivity contribution in [2.24, 2.45) is 0 Å². The zero-order valence-electron chi connectivity index (χ0n) is 22.0. The van der Waals surface area contributed by atoms with Crippen LogP contribution >= 0.6 is 0 Å². The van der Waals surface area contributed by atoms with Crippen molar-refractivity contribution < 1.29 is 18.0 Å². The molecule has 10 heteroatoms. The highest BCUT2D eigenvalue weighted by Gasteiger charge is 2.29. The molecule has 2 aromatic carbocycles. The number of nitrogens with one attached hydrogen (secondary N) is 2. The standard InChI is InChI=1S/C29H29N5O4S/c1-18-26(31-19(2)27(18)29(36)34-12-10-33(3)11-13-34)15-24-23-14-22(8-9-25(23)32-28(24)35)39(37,38)17-21-7-5-4-6-20(21)16-30/h4-9,14-15,31H,10-13,17H2,1-3H3,(H,32,35)/b24-15-. The number of piperazine rings is 1. The first kappa shape index (κ1) is 26.4. The number of sulfone groups is 1. The lowest BCUT2D eigenvalue weighted by Gasteiger charge is -2.32. The summed E-state index contributed by atoms with van der Waals surface area (Å²) in [6.07, 6.45) is 1.67. The molecule has 3 aromatic rings. The topological polar surface area (TPSA) is 126 Å². The smallest absolute Gasteiger partial charge is 0.256 e. The molecule has 0 saturated carbocycles. The predicted octanol–water partition coefficient (Wildman–Crippen LogP) is 3.36. The molecular formula is C29H29N5O4S. The minimum absolute atomic E-state index is 0.0405. The van der Waals surface area contributed by atoms with Gasteiger partial charge in [-0.1, -0.05) is 18.2 Å². The molecule has 2 N–H and O–H groups in total. The first-order chi connectivity index (χ1) is 18.6. The van der Waals surface area contributed by atoms with Crippen molar-refractivity contribution in [3.8, 4) is 6.07 Å². The van der Waals surface area contributed by atoms with Crippen molar-refractivity contribution >= 4 is 39.0 Å². The SMILES string of the molecule is Cc1[nH]c(/C=C2\C(=O)Nc3ccc(S(=O)(=O)Cc4ccccc4C#N)cc32)c(C)c1C(=O)N1CCN(C)CC1. The second-order valence-electron chi connectivity index (χ2n) is 10.0. The third kappa shape index (κ3) is 4.99. The van der Waals surface area contributed by atoms with Crippen LogP contribution in [0.4, 0.5) is 5.69 Å². The van der Waals surface area contributed by atoms with Crippen molar-refractivity contribution in [2.75, 3.05) is 38.5 Å². The highest BCUT2D eigenvalue weighted by molar-refractivity contribution is 7.90. The Kier molecular flexibility index (Phi) is 6.89. The van der Waals surface area contributed by atoms with E-state index in [0.717, 1.165) is 24.3 Å². The minimum atomic E-state index is -3.80. The molecule has 0 unspecified atom stereocenters. The molecule has 1 fully saturated rings. The van der Waals surface area contributed by atoms with Gasteiger partial charge in [-0.3, -0.25) is 9.59 Å². The summed E-state index contributed by atoms with van der Waals surface area (Å²) >= 11 is 0. The molecule has 2 amide bonds. The lowest BCUT2D eigenvalue weighted by molar-refractivity contribution is -0.110. The second kappa shape index (κ2) is 10.2. The summed E-state index contributed by atoms with van der Waals surface area (Å²) in [5.74, 6) is -0.725. The van der Waals surface area contributed by atoms with Gasteiger partial charge >= 0.3 is 0 Å². The van der Waals surface area contributed by atoms with Crippen molar-refractivity contribution in [3.63, 3.8) is 0 Å². The Morgan fingerprint density at radius 3 is 2.54 bits per heavy atom. The van der Waals surface area contributed by atoms with Crippen LogP contribution < -0.4 is 5.32 Å². The Bertz CT molecular complexity index is 1670. The number of nitriles is 1. The van der Waals surface area contributed by atoms with Crippen molar-refractivity contribution in [1.29, 1.82) is 5.26 Å². The molecule has 0 atom stereocenters. The number of hydrogen-bond donors (Lipinski definition) is 2. The maximum atomic E-state index is 13.3. The number of H-pyrrole nitrogens is 1. The highest BCUT2D eigenvalue weighted by Crippen LogP contribution is 2.36. The van der Waals surface area contributed by atoms with Gasteiger partial charge in [-0.2, -0.15) is 5.26 Å². The van der Waals surface area contributed by atoms with E-state index in [0.29, 0.717) is 52.3 Å². The van der Waals surface area contributed by atoms with Gasteiger partial charge in [0, 0.05) is 48.8 Å². The van der Waals surface area contributed by atoms with Crippen molar-refractivity contribution in [2.45, 2.75) is 24.5 Å². The molecule has 2 aliphatic heterocycles. The summed E-state index contributed by atoms with van der Waals surface area (Å²) in [6.45, 7) is 6.62. The lowest BCUT2D eigenvalue weighted by Crippen LogP contribution is -2.47. The maximum Gasteiger partial charge on any atom is 0.256 e. The summed E-state index contributed by atoms with van der Waals surface area (Å²) in [5.41, 5.74) is 4.68. The van der Waals surface area contributed by atoms with E-state index in [1.54, 1.807) is 36.4 Å². The van der Waals surface area contributed by atoms with Crippen LogP contribution in [0.3, 0.4) is 0 Å². The van der Waals surface area contributed by atoms with Crippen molar-refractivity contribution in [3.05, 3.63) is 81.7 Å². The number of anilines is 1. The van der Waals surface area contributed by atoms with Gasteiger partial charge in [-0.25, -0.2) is 8.42 Å². The van der Waals surface area contributed by atoms with E-state index in [2.05, 4.69) is 15.2 Å². The monoisotopic (exact) mass is 543 g/mol. The van der Waals surface area contributed by atoms with E-state index in [1.165, 1.54) is 12.1 Å². The average Bonchev–Trinajstić information content (AvgIpc) is 3.37. The molecule has 200 valence electrons. The average molecular weight is 544 g/mol. The van der Waals surface area contributed by atoms with E-state index >= 15 is 0 Å². The molecule has 1 aromatic heterocycles. The van der Waals surface area contributed by atoms with Crippen LogP contribution in [0.2, 0.25) is 0 Å². The van der Waals surface area contributed by atoms with E-state index < -0.39 is 9.84 Å². The van der Waals surface area contributed by atoms with Gasteiger partial charge in [0.1, 0.15) is 0 Å². The third-order valence-corrected chi connectivity index (χ3v) is 9.05. The molecule has 5 rings (SSSR count). The van der Waals surface area contributed by atoms with Crippen LogP contribution in [0.5, 0.6) is 0 Å². The molecule has 0 aliphatic carbocycles. The quantitative estimate of drug-likeness (QED) is 0.475. The number of aromatic amines is 1. The second-order valence-corrected chi connectivity index (χ2v) is 12.0. The molecule has 1 saturated heterocycles. The molecule has 3 heterocycles. The Hall–Kier alpha value is -4.20. The zero-order valence-corrected chi connectivity index (χ0v) is 22.9. The lowest BCUT2D eigenvalue weighted by atomic mass is 10.0. The molecule has 0 bridgehead atoms. The van der Waals surface area contributed by atoms with E-state index in [9.17, 15) is 23.3 Å². The van der Waals surface area contributed by atoms with E-state index in [1.807, 2.05) is 31.9 Å². The number of carbonyl (C=O) groups is 2. The predicted molar refractivity (Wildman–Crippen MR) is 149 cm³/mol. The normalized spacial score (nSPS) is 16.7. The fraction of sp³-hybridized carbons (Fsp3) is 0.276. The molecule has 0 spiro atoms. The van der Waals surface area contributed by atoms with E-state index in [4.69, 9.17) is 0 Å². The van der Waals surface area contributed by atoms with Gasteiger partial charge < -0.3 is 20.1 Å². The fourth-order valence-corrected chi connectivity index (χ4v) is 6.50. The summed E-state index contributed by atoms with van der Waals surface area (Å²) in [5, 5.41) is 12.1. The summed E-state index contributed by atoms with van der Waals surface area (Å²) in [4.78, 5) is 33.6. The number of rotatable bonds is 5. The summed E-state index contributed by atoms with van der Waals surface area (Å²) in [7, 11) is -1.77. The molecule has 0 radical (unpaired) electrons. The number of amides is 2. The largest absolute Gasteiger partial charge is 0.358 e. The Morgan fingerprint density at radius 2 is 1.82 bits per heavy atom. The van der Waals surface area contributed by atoms with Crippen LogP contribution in [-0.4, -0.2) is 68.2 Å². The number of aryl methyl sites for hydroxylation is 1. The zero-order chi connectivity index (χ0) is 27.9. The van der Waals surface area contributed by atoms with Gasteiger partial charge in [-0.05, 0) is 62.4 Å². The van der Waals surface area contributed by atoms with E-state index in [-0.39, 0.29) is 22.5 Å². The van der Waals surface area contributed by atoms with Crippen LogP contribution in [0, 0.1) is 25.2 Å². The number of carbonyl (C=O) groups excluding carboxylic acids is 2. The van der Waals surface area contributed by atoms with Gasteiger partial charge in [0.05, 0.1) is 33.4 Å². The first-order valence-corrected chi connectivity index (χ1v) is 14.3. The minimum Gasteiger partial charge on any atom is -0.358 e. The summed E-state index contributed by atoms with van der Waals surface area (Å²) in [6, 6.07) is 13.2. The number of nitrogens with zero attached hydrogens (tertiary/aromatic N) is 3. The number of fused-ring (bicyclic) bond motifs is 1. The number of aromatic nitrogens is 1. The van der Waals surface area contributed by atoms with Crippen LogP contribution in [0.15, 0.2) is 47.4 Å². The van der Waals surface area contributed by atoms with Gasteiger partial charge in [0.2, 0.25) is 0 Å². The molecule has 2 aliphatic rings. The van der Waals surface area contributed by atoms with Crippen LogP contribution in [0.1, 0.15) is 44.0 Å². The molecule has 9 nitrogen and oxygen atoms in total. The maximum absolute atomic E-state index is 13.3. The third-order valence-electron chi connectivity index (χ3n) is 7.39. The van der Waals surface area contributed by atoms with Crippen LogP contribution in [-0.2, 0) is 20.4 Å². The Labute approximate surface area is 227 Å². The highest BCUT2D eigenvalue weighted by atomic mass is 32.2. The molecule has 39 heavy (non-hydrogen) atoms. The van der Waals surface area contributed by atoms with Gasteiger partial charge in [0.25, 0.3) is 11.8 Å². The van der Waals surface area contributed by atoms with Gasteiger partial charge in [0.15, 0.2) is 9.84 Å². The van der Waals surface area contributed by atoms with Crippen molar-refractivity contribution in [1.82, 2.24) is 14.8 Å². The Morgan fingerprint density at radius 1 is 1.10 bits per heavy atom. The fourth-order valence-electron chi connectivity index (χ4n) is 5.10. The van der Waals surface area contributed by atoms with Gasteiger partial charge in [-0.15, -0.1) is 0 Å². The summed E-state index contributed by atoms with van der Waals surface area (Å²) < 4.78 is 26.6. The Balaban J connectivity index is 1.48. The number of benzene rings is 2. The van der Waals surface area contributed by atoms with Crippen LogP contribution in [0.25, 0.3) is 11.6 Å². The molecular weight excluding hydrogens is 514 g/mol.